The Morgan fingerprint density at radius 3 is 2.59 bits per heavy atom. The zero-order chi connectivity index (χ0) is 12.7. The van der Waals surface area contributed by atoms with E-state index in [2.05, 4.69) is 43.2 Å². The van der Waals surface area contributed by atoms with Gasteiger partial charge in [-0.3, -0.25) is 0 Å². The zero-order valence-corrected chi connectivity index (χ0v) is 12.3. The van der Waals surface area contributed by atoms with Crippen LogP contribution in [0.5, 0.6) is 0 Å². The molecule has 17 heavy (non-hydrogen) atoms. The van der Waals surface area contributed by atoms with E-state index in [0.29, 0.717) is 6.04 Å². The summed E-state index contributed by atoms with van der Waals surface area (Å²) in [5, 5.41) is 14.5. The number of nitrogens with one attached hydrogen (secondary N) is 1. The van der Waals surface area contributed by atoms with Gasteiger partial charge in [0.2, 0.25) is 0 Å². The molecule has 1 heterocycles. The van der Waals surface area contributed by atoms with E-state index in [-0.39, 0.29) is 0 Å². The van der Waals surface area contributed by atoms with Crippen molar-refractivity contribution in [1.29, 1.82) is 0 Å². The smallest absolute Gasteiger partial charge is 0.134 e. The first-order chi connectivity index (χ1) is 8.17. The van der Waals surface area contributed by atoms with Crippen molar-refractivity contribution in [3.8, 4) is 0 Å². The standard InChI is InChI=1S/C13H25N3S/c1-5-9-14-11(6-2)13-16-15-12(17-13)8-7-10(3)4/h10-11,14H,5-9H2,1-4H3. The molecule has 0 spiro atoms. The van der Waals surface area contributed by atoms with Crippen LogP contribution in [0.25, 0.3) is 0 Å². The fourth-order valence-corrected chi connectivity index (χ4v) is 2.66. The molecule has 0 aliphatic heterocycles. The molecular weight excluding hydrogens is 230 g/mol. The van der Waals surface area contributed by atoms with Gasteiger partial charge in [0.05, 0.1) is 6.04 Å². The van der Waals surface area contributed by atoms with Crippen molar-refractivity contribution < 1.29 is 0 Å². The van der Waals surface area contributed by atoms with Crippen LogP contribution >= 0.6 is 11.3 Å². The van der Waals surface area contributed by atoms with E-state index in [4.69, 9.17) is 0 Å². The summed E-state index contributed by atoms with van der Waals surface area (Å²) in [6.07, 6.45) is 4.52. The summed E-state index contributed by atoms with van der Waals surface area (Å²) in [7, 11) is 0. The molecule has 4 heteroatoms. The molecule has 1 unspecified atom stereocenters. The van der Waals surface area contributed by atoms with Gasteiger partial charge in [-0.15, -0.1) is 10.2 Å². The van der Waals surface area contributed by atoms with Gasteiger partial charge in [0, 0.05) is 6.42 Å². The Labute approximate surface area is 109 Å². The van der Waals surface area contributed by atoms with Crippen molar-refractivity contribution in [2.75, 3.05) is 6.54 Å². The Balaban J connectivity index is 2.52. The second-order valence-electron chi connectivity index (χ2n) is 4.88. The molecule has 1 aromatic heterocycles. The maximum atomic E-state index is 4.32. The first-order valence-corrected chi connectivity index (χ1v) is 7.54. The van der Waals surface area contributed by atoms with Gasteiger partial charge in [-0.05, 0) is 31.7 Å². The minimum Gasteiger partial charge on any atom is -0.308 e. The maximum absolute atomic E-state index is 4.32. The Morgan fingerprint density at radius 2 is 2.00 bits per heavy atom. The van der Waals surface area contributed by atoms with E-state index in [9.17, 15) is 0 Å². The highest BCUT2D eigenvalue weighted by molar-refractivity contribution is 7.11. The predicted octanol–water partition coefficient (Wildman–Crippen LogP) is 3.58. The van der Waals surface area contributed by atoms with Crippen LogP contribution in [0.4, 0.5) is 0 Å². The van der Waals surface area contributed by atoms with E-state index in [1.165, 1.54) is 11.4 Å². The van der Waals surface area contributed by atoms with E-state index < -0.39 is 0 Å². The van der Waals surface area contributed by atoms with E-state index >= 15 is 0 Å². The van der Waals surface area contributed by atoms with Gasteiger partial charge in [0.25, 0.3) is 0 Å². The minimum atomic E-state index is 0.389. The molecule has 98 valence electrons. The van der Waals surface area contributed by atoms with Gasteiger partial charge in [0.15, 0.2) is 0 Å². The van der Waals surface area contributed by atoms with Crippen LogP contribution in [0, 0.1) is 5.92 Å². The van der Waals surface area contributed by atoms with Crippen LogP contribution in [-0.4, -0.2) is 16.7 Å². The third kappa shape index (κ3) is 5.13. The summed E-state index contributed by atoms with van der Waals surface area (Å²) < 4.78 is 0. The van der Waals surface area contributed by atoms with E-state index in [0.717, 1.165) is 36.7 Å². The van der Waals surface area contributed by atoms with Crippen molar-refractivity contribution in [2.24, 2.45) is 5.92 Å². The second kappa shape index (κ2) is 7.77. The number of hydrogen-bond acceptors (Lipinski definition) is 4. The van der Waals surface area contributed by atoms with E-state index in [1.807, 2.05) is 0 Å². The molecule has 0 radical (unpaired) electrons. The molecular formula is C13H25N3S. The predicted molar refractivity (Wildman–Crippen MR) is 74.4 cm³/mol. The van der Waals surface area contributed by atoms with Gasteiger partial charge < -0.3 is 5.32 Å². The summed E-state index contributed by atoms with van der Waals surface area (Å²) in [4.78, 5) is 0. The zero-order valence-electron chi connectivity index (χ0n) is 11.5. The van der Waals surface area contributed by atoms with Crippen molar-refractivity contribution >= 4 is 11.3 Å². The number of aromatic nitrogens is 2. The SMILES string of the molecule is CCCNC(CC)c1nnc(CCC(C)C)s1. The number of aryl methyl sites for hydroxylation is 1. The molecule has 0 bridgehead atoms. The summed E-state index contributed by atoms with van der Waals surface area (Å²) in [5.74, 6) is 0.738. The third-order valence-electron chi connectivity index (χ3n) is 2.77. The van der Waals surface area contributed by atoms with Crippen LogP contribution in [0.3, 0.4) is 0 Å². The van der Waals surface area contributed by atoms with Gasteiger partial charge in [-0.2, -0.15) is 0 Å². The topological polar surface area (TPSA) is 37.8 Å². The molecule has 1 aromatic rings. The second-order valence-corrected chi connectivity index (χ2v) is 5.98. The van der Waals surface area contributed by atoms with Gasteiger partial charge in [-0.25, -0.2) is 0 Å². The molecule has 0 aromatic carbocycles. The largest absolute Gasteiger partial charge is 0.308 e. The fraction of sp³-hybridized carbons (Fsp3) is 0.846. The first kappa shape index (κ1) is 14.6. The van der Waals surface area contributed by atoms with Crippen LogP contribution in [-0.2, 0) is 6.42 Å². The number of hydrogen-bond donors (Lipinski definition) is 1. The quantitative estimate of drug-likeness (QED) is 0.771. The lowest BCUT2D eigenvalue weighted by molar-refractivity contribution is 0.512. The van der Waals surface area contributed by atoms with Gasteiger partial charge in [0.1, 0.15) is 10.0 Å². The lowest BCUT2D eigenvalue weighted by Gasteiger charge is -2.12. The lowest BCUT2D eigenvalue weighted by atomic mass is 10.1. The molecule has 0 amide bonds. The van der Waals surface area contributed by atoms with Gasteiger partial charge in [-0.1, -0.05) is 39.0 Å². The average Bonchev–Trinajstić information content (AvgIpc) is 2.76. The highest BCUT2D eigenvalue weighted by atomic mass is 32.1. The molecule has 0 saturated heterocycles. The summed E-state index contributed by atoms with van der Waals surface area (Å²) >= 11 is 1.77. The van der Waals surface area contributed by atoms with Gasteiger partial charge >= 0.3 is 0 Å². The Hall–Kier alpha value is -0.480. The van der Waals surface area contributed by atoms with Crippen molar-refractivity contribution in [3.05, 3.63) is 10.0 Å². The summed E-state index contributed by atoms with van der Waals surface area (Å²) in [5.41, 5.74) is 0. The van der Waals surface area contributed by atoms with Crippen LogP contribution in [0.1, 0.15) is 63.0 Å². The minimum absolute atomic E-state index is 0.389. The third-order valence-corrected chi connectivity index (χ3v) is 3.86. The molecule has 0 aliphatic carbocycles. The summed E-state index contributed by atoms with van der Waals surface area (Å²) in [6.45, 7) is 9.94. The molecule has 0 aliphatic rings. The first-order valence-electron chi connectivity index (χ1n) is 6.73. The van der Waals surface area contributed by atoms with Crippen molar-refractivity contribution in [2.45, 2.75) is 59.4 Å². The summed E-state index contributed by atoms with van der Waals surface area (Å²) in [6, 6.07) is 0.389. The highest BCUT2D eigenvalue weighted by Crippen LogP contribution is 2.22. The molecule has 0 saturated carbocycles. The average molecular weight is 255 g/mol. The maximum Gasteiger partial charge on any atom is 0.134 e. The fourth-order valence-electron chi connectivity index (χ4n) is 1.65. The van der Waals surface area contributed by atoms with Crippen molar-refractivity contribution in [1.82, 2.24) is 15.5 Å². The molecule has 3 nitrogen and oxygen atoms in total. The number of rotatable bonds is 8. The van der Waals surface area contributed by atoms with Crippen molar-refractivity contribution in [3.63, 3.8) is 0 Å². The Kier molecular flexibility index (Phi) is 6.66. The lowest BCUT2D eigenvalue weighted by Crippen LogP contribution is -2.21. The normalized spacial score (nSPS) is 13.2. The molecule has 1 atom stereocenters. The molecule has 0 fully saturated rings. The van der Waals surface area contributed by atoms with Crippen LogP contribution in [0.15, 0.2) is 0 Å². The Morgan fingerprint density at radius 1 is 1.24 bits per heavy atom. The van der Waals surface area contributed by atoms with Crippen LogP contribution < -0.4 is 5.32 Å². The molecule has 1 N–H and O–H groups in total. The van der Waals surface area contributed by atoms with E-state index in [1.54, 1.807) is 11.3 Å². The molecule has 1 rings (SSSR count). The Bertz CT molecular complexity index is 309. The highest BCUT2D eigenvalue weighted by Gasteiger charge is 2.14. The monoisotopic (exact) mass is 255 g/mol. The number of nitrogens with zero attached hydrogens (tertiary/aromatic N) is 2. The van der Waals surface area contributed by atoms with Crippen LogP contribution in [0.2, 0.25) is 0 Å².